The van der Waals surface area contributed by atoms with Crippen LogP contribution in [0, 0.1) is 11.6 Å². The third kappa shape index (κ3) is 5.14. The Kier molecular flexibility index (Phi) is 6.33. The molecule has 2 aromatic carbocycles. The van der Waals surface area contributed by atoms with Gasteiger partial charge < -0.3 is 10.6 Å². The summed E-state index contributed by atoms with van der Waals surface area (Å²) >= 11 is 1.10. The summed E-state index contributed by atoms with van der Waals surface area (Å²) in [6.07, 6.45) is 0.0419. The van der Waals surface area contributed by atoms with Crippen LogP contribution < -0.4 is 16.0 Å². The highest BCUT2D eigenvalue weighted by molar-refractivity contribution is 7.18. The fourth-order valence-electron chi connectivity index (χ4n) is 2.48. The summed E-state index contributed by atoms with van der Waals surface area (Å²) in [5, 5.41) is 8.45. The first-order valence-electron chi connectivity index (χ1n) is 8.47. The molecule has 0 unspecified atom stereocenters. The number of amides is 3. The number of halogens is 2. The second-order valence-electron chi connectivity index (χ2n) is 5.82. The third-order valence-corrected chi connectivity index (χ3v) is 4.82. The van der Waals surface area contributed by atoms with E-state index in [-0.39, 0.29) is 24.4 Å². The Balaban J connectivity index is 1.50. The largest absolute Gasteiger partial charge is 0.351 e. The molecule has 1 aromatic heterocycles. The maximum atomic E-state index is 13.6. The molecule has 1 heterocycles. The van der Waals surface area contributed by atoms with Crippen LogP contribution in [0.2, 0.25) is 0 Å². The number of urea groups is 1. The lowest BCUT2D eigenvalue weighted by molar-refractivity contribution is 0.0958. The van der Waals surface area contributed by atoms with E-state index in [2.05, 4.69) is 16.0 Å². The van der Waals surface area contributed by atoms with E-state index >= 15 is 0 Å². The number of nitrogens with one attached hydrogen (secondary N) is 3. The quantitative estimate of drug-likeness (QED) is 0.563. The Hall–Kier alpha value is -3.26. The molecule has 0 fully saturated rings. The van der Waals surface area contributed by atoms with E-state index in [1.807, 2.05) is 6.07 Å². The zero-order valence-electron chi connectivity index (χ0n) is 14.7. The van der Waals surface area contributed by atoms with Crippen LogP contribution in [0.5, 0.6) is 0 Å². The second kappa shape index (κ2) is 9.09. The van der Waals surface area contributed by atoms with Gasteiger partial charge >= 0.3 is 6.03 Å². The first-order valence-corrected chi connectivity index (χ1v) is 9.28. The lowest BCUT2D eigenvalue weighted by atomic mass is 10.1. The zero-order valence-corrected chi connectivity index (χ0v) is 15.5. The van der Waals surface area contributed by atoms with Crippen molar-refractivity contribution in [3.05, 3.63) is 82.7 Å². The van der Waals surface area contributed by atoms with E-state index in [0.717, 1.165) is 11.3 Å². The number of carbonyl (C=O) groups excluding carboxylic acids is 2. The zero-order chi connectivity index (χ0) is 19.9. The van der Waals surface area contributed by atoms with Crippen molar-refractivity contribution in [1.82, 2.24) is 5.32 Å². The molecule has 0 saturated carbocycles. The molecule has 0 saturated heterocycles. The molecule has 144 valence electrons. The monoisotopic (exact) mass is 401 g/mol. The fraction of sp³-hybridized carbons (Fsp3) is 0.100. The number of carbonyl (C=O) groups is 2. The maximum Gasteiger partial charge on any atom is 0.324 e. The molecule has 28 heavy (non-hydrogen) atoms. The van der Waals surface area contributed by atoms with Gasteiger partial charge in [-0.15, -0.1) is 11.3 Å². The molecule has 0 radical (unpaired) electrons. The molecular formula is C20H17F2N3O2S. The fourth-order valence-corrected chi connectivity index (χ4v) is 3.30. The Morgan fingerprint density at radius 3 is 2.29 bits per heavy atom. The summed E-state index contributed by atoms with van der Waals surface area (Å²) in [4.78, 5) is 24.5. The highest BCUT2D eigenvalue weighted by Gasteiger charge is 2.12. The summed E-state index contributed by atoms with van der Waals surface area (Å²) in [5.74, 6) is -1.65. The summed E-state index contributed by atoms with van der Waals surface area (Å²) in [6, 6.07) is 15.4. The van der Waals surface area contributed by atoms with Crippen LogP contribution in [0.3, 0.4) is 0 Å². The van der Waals surface area contributed by atoms with E-state index in [9.17, 15) is 18.4 Å². The van der Waals surface area contributed by atoms with Crippen LogP contribution >= 0.6 is 11.3 Å². The molecule has 0 aliphatic rings. The Labute approximate surface area is 164 Å². The number of hydrogen-bond donors (Lipinski definition) is 3. The number of rotatable bonds is 6. The third-order valence-electron chi connectivity index (χ3n) is 3.82. The van der Waals surface area contributed by atoms with Crippen molar-refractivity contribution >= 4 is 34.0 Å². The molecule has 0 atom stereocenters. The van der Waals surface area contributed by atoms with Crippen LogP contribution in [0.1, 0.15) is 15.2 Å². The van der Waals surface area contributed by atoms with Gasteiger partial charge in [-0.1, -0.05) is 24.3 Å². The summed E-state index contributed by atoms with van der Waals surface area (Å²) in [5.41, 5.74) is 0.587. The molecule has 0 bridgehead atoms. The average molecular weight is 401 g/mol. The summed E-state index contributed by atoms with van der Waals surface area (Å²) in [7, 11) is 0. The van der Waals surface area contributed by atoms with Crippen LogP contribution in [0.15, 0.2) is 60.7 Å². The lowest BCUT2D eigenvalue weighted by Crippen LogP contribution is -2.25. The van der Waals surface area contributed by atoms with Crippen LogP contribution in [0.25, 0.3) is 0 Å². The minimum Gasteiger partial charge on any atom is -0.351 e. The Morgan fingerprint density at radius 1 is 0.857 bits per heavy atom. The first-order chi connectivity index (χ1) is 13.5. The average Bonchev–Trinajstić information content (AvgIpc) is 3.13. The molecule has 5 nitrogen and oxygen atoms in total. The number of benzene rings is 2. The van der Waals surface area contributed by atoms with E-state index in [1.54, 1.807) is 36.4 Å². The van der Waals surface area contributed by atoms with E-state index in [1.165, 1.54) is 18.2 Å². The van der Waals surface area contributed by atoms with Crippen molar-refractivity contribution in [3.63, 3.8) is 0 Å². The predicted octanol–water partition coefficient (Wildman–Crippen LogP) is 4.64. The van der Waals surface area contributed by atoms with Gasteiger partial charge in [-0.25, -0.2) is 13.6 Å². The van der Waals surface area contributed by atoms with Crippen molar-refractivity contribution in [3.8, 4) is 0 Å². The van der Waals surface area contributed by atoms with Gasteiger partial charge in [-0.05, 0) is 42.8 Å². The van der Waals surface area contributed by atoms with Gasteiger partial charge in [0.2, 0.25) is 0 Å². The predicted molar refractivity (Wildman–Crippen MR) is 106 cm³/mol. The Morgan fingerprint density at radius 2 is 1.57 bits per heavy atom. The smallest absolute Gasteiger partial charge is 0.324 e. The molecule has 3 rings (SSSR count). The number of thiophene rings is 1. The SMILES string of the molecule is O=C(Nc1ccccc1)Nc1ccc(C(=O)NCCc2c(F)cccc2F)s1. The van der Waals surface area contributed by atoms with Crippen LogP contribution in [0.4, 0.5) is 24.3 Å². The second-order valence-corrected chi connectivity index (χ2v) is 6.90. The van der Waals surface area contributed by atoms with Crippen molar-refractivity contribution < 1.29 is 18.4 Å². The summed E-state index contributed by atoms with van der Waals surface area (Å²) in [6.45, 7) is 0.0891. The van der Waals surface area contributed by atoms with Gasteiger partial charge in [0.1, 0.15) is 11.6 Å². The normalized spacial score (nSPS) is 10.4. The maximum absolute atomic E-state index is 13.6. The minimum absolute atomic E-state index is 0.0419. The molecule has 3 aromatic rings. The van der Waals surface area contributed by atoms with Crippen molar-refractivity contribution in [2.24, 2.45) is 0 Å². The van der Waals surface area contributed by atoms with Crippen molar-refractivity contribution in [2.45, 2.75) is 6.42 Å². The summed E-state index contributed by atoms with van der Waals surface area (Å²) < 4.78 is 27.2. The van der Waals surface area contributed by atoms with E-state index < -0.39 is 17.7 Å². The highest BCUT2D eigenvalue weighted by atomic mass is 32.1. The Bertz CT molecular complexity index is 956. The van der Waals surface area contributed by atoms with E-state index in [0.29, 0.717) is 15.6 Å². The van der Waals surface area contributed by atoms with Crippen molar-refractivity contribution in [1.29, 1.82) is 0 Å². The molecule has 0 aliphatic heterocycles. The first kappa shape index (κ1) is 19.5. The molecule has 3 amide bonds. The standard InChI is InChI=1S/C20H17F2N3O2S/c21-15-7-4-8-16(22)14(15)11-12-23-19(26)17-9-10-18(28-17)25-20(27)24-13-5-2-1-3-6-13/h1-10H,11-12H2,(H,23,26)(H2,24,25,27). The minimum atomic E-state index is -0.638. The molecule has 8 heteroatoms. The van der Waals surface area contributed by atoms with Gasteiger partial charge in [0, 0.05) is 17.8 Å². The number of para-hydroxylation sites is 1. The topological polar surface area (TPSA) is 70.2 Å². The van der Waals surface area contributed by atoms with Gasteiger partial charge in [0.05, 0.1) is 9.88 Å². The van der Waals surface area contributed by atoms with Crippen LogP contribution in [-0.2, 0) is 6.42 Å². The van der Waals surface area contributed by atoms with Crippen LogP contribution in [-0.4, -0.2) is 18.5 Å². The van der Waals surface area contributed by atoms with Gasteiger partial charge in [-0.2, -0.15) is 0 Å². The molecular weight excluding hydrogens is 384 g/mol. The van der Waals surface area contributed by atoms with Gasteiger partial charge in [0.15, 0.2) is 0 Å². The lowest BCUT2D eigenvalue weighted by Gasteiger charge is -2.06. The number of hydrogen-bond acceptors (Lipinski definition) is 3. The van der Waals surface area contributed by atoms with Crippen molar-refractivity contribution in [2.75, 3.05) is 17.2 Å². The molecule has 0 spiro atoms. The van der Waals surface area contributed by atoms with Gasteiger partial charge in [0.25, 0.3) is 5.91 Å². The van der Waals surface area contributed by atoms with E-state index in [4.69, 9.17) is 0 Å². The van der Waals surface area contributed by atoms with Gasteiger partial charge in [-0.3, -0.25) is 10.1 Å². The highest BCUT2D eigenvalue weighted by Crippen LogP contribution is 2.22. The number of anilines is 2. The molecule has 3 N–H and O–H groups in total. The molecule has 0 aliphatic carbocycles.